The van der Waals surface area contributed by atoms with Crippen molar-refractivity contribution in [2.45, 2.75) is 25.5 Å². The maximum absolute atomic E-state index is 11.8. The number of carbonyl (C=O) groups is 1. The fourth-order valence-corrected chi connectivity index (χ4v) is 2.39. The number of aliphatic hydroxyl groups is 1. The van der Waals surface area contributed by atoms with Gasteiger partial charge >= 0.3 is 0 Å². The molecule has 0 radical (unpaired) electrons. The lowest BCUT2D eigenvalue weighted by atomic mass is 10.1. The second kappa shape index (κ2) is 6.74. The van der Waals surface area contributed by atoms with Gasteiger partial charge in [0.15, 0.2) is 0 Å². The molecule has 0 saturated heterocycles. The van der Waals surface area contributed by atoms with Crippen LogP contribution in [0, 0.1) is 0 Å². The summed E-state index contributed by atoms with van der Waals surface area (Å²) in [5, 5.41) is 16.4. The number of amides is 1. The zero-order chi connectivity index (χ0) is 12.8. The van der Waals surface area contributed by atoms with Gasteiger partial charge in [0.2, 0.25) is 5.91 Å². The van der Waals surface area contributed by atoms with Gasteiger partial charge in [-0.25, -0.2) is 0 Å². The van der Waals surface area contributed by atoms with Crippen molar-refractivity contribution in [2.24, 2.45) is 0 Å². The Morgan fingerprint density at radius 1 is 1.59 bits per heavy atom. The molecule has 0 aliphatic carbocycles. The van der Waals surface area contributed by atoms with Crippen molar-refractivity contribution in [2.75, 3.05) is 20.6 Å². The molecule has 0 bridgehead atoms. The number of aliphatic hydroxyl groups excluding tert-OH is 1. The number of nitrogens with one attached hydrogen (secondary N) is 1. The number of nitrogens with zero attached hydrogens (tertiary/aromatic N) is 1. The standard InChI is InChI=1S/C12H20N2O2S/c1-4-10(14(2)3)12(16)13-7-11(15)9-5-6-17-8-9/h5-6,8,10-11,15H,4,7H2,1-3H3,(H,13,16). The summed E-state index contributed by atoms with van der Waals surface area (Å²) in [7, 11) is 3.76. The average molecular weight is 256 g/mol. The Kier molecular flexibility index (Phi) is 5.61. The summed E-state index contributed by atoms with van der Waals surface area (Å²) in [6.07, 6.45) is 0.137. The summed E-state index contributed by atoms with van der Waals surface area (Å²) in [6.45, 7) is 2.24. The molecule has 0 saturated carbocycles. The highest BCUT2D eigenvalue weighted by Crippen LogP contribution is 2.15. The van der Waals surface area contributed by atoms with E-state index in [1.807, 2.05) is 42.7 Å². The van der Waals surface area contributed by atoms with E-state index in [2.05, 4.69) is 5.32 Å². The molecule has 2 unspecified atom stereocenters. The Morgan fingerprint density at radius 3 is 2.76 bits per heavy atom. The highest BCUT2D eigenvalue weighted by molar-refractivity contribution is 7.07. The van der Waals surface area contributed by atoms with Crippen molar-refractivity contribution in [3.8, 4) is 0 Å². The summed E-state index contributed by atoms with van der Waals surface area (Å²) in [6, 6.07) is 1.73. The maximum atomic E-state index is 11.8. The summed E-state index contributed by atoms with van der Waals surface area (Å²) in [5.41, 5.74) is 0.855. The lowest BCUT2D eigenvalue weighted by molar-refractivity contribution is -0.126. The summed E-state index contributed by atoms with van der Waals surface area (Å²) in [5.74, 6) is -0.0354. The van der Waals surface area contributed by atoms with E-state index in [0.29, 0.717) is 0 Å². The van der Waals surface area contributed by atoms with Crippen LogP contribution in [-0.4, -0.2) is 42.6 Å². The smallest absolute Gasteiger partial charge is 0.237 e. The molecule has 1 rings (SSSR count). The van der Waals surface area contributed by atoms with Gasteiger partial charge < -0.3 is 10.4 Å². The third kappa shape index (κ3) is 4.11. The van der Waals surface area contributed by atoms with Gasteiger partial charge in [0.25, 0.3) is 0 Å². The van der Waals surface area contributed by atoms with E-state index in [4.69, 9.17) is 0 Å². The van der Waals surface area contributed by atoms with Gasteiger partial charge in [-0.15, -0.1) is 0 Å². The molecule has 5 heteroatoms. The third-order valence-corrected chi connectivity index (χ3v) is 3.41. The topological polar surface area (TPSA) is 52.6 Å². The Labute approximate surface area is 106 Å². The van der Waals surface area contributed by atoms with Crippen molar-refractivity contribution in [3.05, 3.63) is 22.4 Å². The van der Waals surface area contributed by atoms with Crippen molar-refractivity contribution >= 4 is 17.2 Å². The molecule has 0 fully saturated rings. The highest BCUT2D eigenvalue weighted by Gasteiger charge is 2.19. The van der Waals surface area contributed by atoms with E-state index in [9.17, 15) is 9.90 Å². The fraction of sp³-hybridized carbons (Fsp3) is 0.583. The average Bonchev–Trinajstić information content (AvgIpc) is 2.79. The largest absolute Gasteiger partial charge is 0.387 e. The number of likely N-dealkylation sites (N-methyl/N-ethyl adjacent to an activating group) is 1. The zero-order valence-corrected chi connectivity index (χ0v) is 11.3. The van der Waals surface area contributed by atoms with Crippen LogP contribution in [0.1, 0.15) is 25.0 Å². The van der Waals surface area contributed by atoms with Crippen LogP contribution in [0.2, 0.25) is 0 Å². The minimum absolute atomic E-state index is 0.0354. The molecule has 0 aliphatic rings. The van der Waals surface area contributed by atoms with E-state index in [1.165, 1.54) is 11.3 Å². The van der Waals surface area contributed by atoms with Crippen molar-refractivity contribution < 1.29 is 9.90 Å². The summed E-state index contributed by atoms with van der Waals surface area (Å²) >= 11 is 1.54. The maximum Gasteiger partial charge on any atom is 0.237 e. The second-order valence-electron chi connectivity index (χ2n) is 4.21. The van der Waals surface area contributed by atoms with E-state index in [0.717, 1.165) is 12.0 Å². The van der Waals surface area contributed by atoms with Crippen LogP contribution in [0.5, 0.6) is 0 Å². The normalized spacial score (nSPS) is 14.6. The zero-order valence-electron chi connectivity index (χ0n) is 10.5. The van der Waals surface area contributed by atoms with Crippen LogP contribution in [-0.2, 0) is 4.79 Å². The minimum Gasteiger partial charge on any atom is -0.387 e. The number of hydrogen-bond donors (Lipinski definition) is 2. The second-order valence-corrected chi connectivity index (χ2v) is 4.99. The molecule has 0 aliphatic heterocycles. The first-order chi connectivity index (χ1) is 8.06. The molecule has 1 heterocycles. The van der Waals surface area contributed by atoms with E-state index in [-0.39, 0.29) is 18.5 Å². The third-order valence-electron chi connectivity index (χ3n) is 2.71. The molecule has 1 aromatic heterocycles. The quantitative estimate of drug-likeness (QED) is 0.805. The van der Waals surface area contributed by atoms with E-state index >= 15 is 0 Å². The van der Waals surface area contributed by atoms with Gasteiger partial charge in [0.1, 0.15) is 0 Å². The molecule has 17 heavy (non-hydrogen) atoms. The Bertz CT molecular complexity index is 338. The van der Waals surface area contributed by atoms with Gasteiger partial charge in [0, 0.05) is 6.54 Å². The van der Waals surface area contributed by atoms with Crippen molar-refractivity contribution in [3.63, 3.8) is 0 Å². The molecule has 4 nitrogen and oxygen atoms in total. The van der Waals surface area contributed by atoms with Crippen molar-refractivity contribution in [1.82, 2.24) is 10.2 Å². The lowest BCUT2D eigenvalue weighted by Gasteiger charge is -2.22. The van der Waals surface area contributed by atoms with E-state index < -0.39 is 6.10 Å². The van der Waals surface area contributed by atoms with Crippen LogP contribution >= 0.6 is 11.3 Å². The first-order valence-corrected chi connectivity index (χ1v) is 6.64. The molecule has 96 valence electrons. The molecule has 1 amide bonds. The Hall–Kier alpha value is -0.910. The SMILES string of the molecule is CCC(C(=O)NCC(O)c1ccsc1)N(C)C. The number of thiophene rings is 1. The van der Waals surface area contributed by atoms with Crippen LogP contribution in [0.15, 0.2) is 16.8 Å². The first-order valence-electron chi connectivity index (χ1n) is 5.70. The molecule has 0 aromatic carbocycles. The minimum atomic E-state index is -0.620. The highest BCUT2D eigenvalue weighted by atomic mass is 32.1. The lowest BCUT2D eigenvalue weighted by Crippen LogP contribution is -2.44. The van der Waals surface area contributed by atoms with Gasteiger partial charge in [-0.05, 0) is 42.9 Å². The van der Waals surface area contributed by atoms with Gasteiger partial charge in [0.05, 0.1) is 12.1 Å². The fourth-order valence-electron chi connectivity index (χ4n) is 1.68. The van der Waals surface area contributed by atoms with Gasteiger partial charge in [-0.2, -0.15) is 11.3 Å². The first kappa shape index (κ1) is 14.2. The van der Waals surface area contributed by atoms with Gasteiger partial charge in [-0.3, -0.25) is 9.69 Å². The van der Waals surface area contributed by atoms with Gasteiger partial charge in [-0.1, -0.05) is 6.92 Å². The molecular weight excluding hydrogens is 236 g/mol. The molecule has 2 N–H and O–H groups in total. The predicted octanol–water partition coefficient (Wildman–Crippen LogP) is 1.24. The summed E-state index contributed by atoms with van der Waals surface area (Å²) in [4.78, 5) is 13.7. The van der Waals surface area contributed by atoms with Crippen LogP contribution in [0.4, 0.5) is 0 Å². The molecule has 0 spiro atoms. The molecule has 1 aromatic rings. The van der Waals surface area contributed by atoms with Crippen LogP contribution < -0.4 is 5.32 Å². The van der Waals surface area contributed by atoms with Crippen LogP contribution in [0.3, 0.4) is 0 Å². The number of hydrogen-bond acceptors (Lipinski definition) is 4. The number of carbonyl (C=O) groups excluding carboxylic acids is 1. The molecular formula is C12H20N2O2S. The van der Waals surface area contributed by atoms with Crippen molar-refractivity contribution in [1.29, 1.82) is 0 Å². The monoisotopic (exact) mass is 256 g/mol. The predicted molar refractivity (Wildman–Crippen MR) is 70.1 cm³/mol. The summed E-state index contributed by atoms with van der Waals surface area (Å²) < 4.78 is 0. The Balaban J connectivity index is 2.42. The van der Waals surface area contributed by atoms with E-state index in [1.54, 1.807) is 0 Å². The molecule has 2 atom stereocenters. The van der Waals surface area contributed by atoms with Crippen LogP contribution in [0.25, 0.3) is 0 Å². The Morgan fingerprint density at radius 2 is 2.29 bits per heavy atom. The number of rotatable bonds is 6.